The number of Topliss-reactive ketones (excluding diaryl/α,β-unsaturated/α-hetero) is 2. The third kappa shape index (κ3) is 1.48. The minimum atomic E-state index is -0.0154. The van der Waals surface area contributed by atoms with Crippen LogP contribution in [-0.2, 0) is 9.59 Å². The molecule has 0 spiro atoms. The predicted molar refractivity (Wildman–Crippen MR) is 58.7 cm³/mol. The fourth-order valence-corrected chi connectivity index (χ4v) is 3.02. The Morgan fingerprint density at radius 1 is 1.12 bits per heavy atom. The van der Waals surface area contributed by atoms with Gasteiger partial charge in [0.15, 0.2) is 0 Å². The van der Waals surface area contributed by atoms with E-state index in [0.717, 1.165) is 25.2 Å². The second-order valence-corrected chi connectivity index (χ2v) is 4.86. The molecule has 0 saturated carbocycles. The fourth-order valence-electron chi connectivity index (χ4n) is 3.02. The fraction of sp³-hybridized carbons (Fsp3) is 0.667. The second kappa shape index (κ2) is 3.70. The van der Waals surface area contributed by atoms with Gasteiger partial charge in [-0.1, -0.05) is 6.08 Å². The summed E-state index contributed by atoms with van der Waals surface area (Å²) in [5.74, 6) is 0.629. The van der Waals surface area contributed by atoms with Crippen LogP contribution >= 0.6 is 0 Å². The van der Waals surface area contributed by atoms with Crippen LogP contribution in [-0.4, -0.2) is 30.7 Å². The molecule has 2 fully saturated rings. The van der Waals surface area contributed by atoms with Crippen molar-refractivity contribution in [3.63, 3.8) is 0 Å². The Morgan fingerprint density at radius 2 is 1.94 bits per heavy atom. The molecule has 3 rings (SSSR count). The summed E-state index contributed by atoms with van der Waals surface area (Å²) in [7, 11) is 0. The second-order valence-electron chi connectivity index (χ2n) is 4.86. The van der Waals surface area contributed by atoms with E-state index in [-0.39, 0.29) is 17.9 Å². The number of piperidine rings is 2. The van der Waals surface area contributed by atoms with Gasteiger partial charge in [0.1, 0.15) is 11.6 Å². The van der Waals surface area contributed by atoms with Gasteiger partial charge in [-0.05, 0) is 6.42 Å². The van der Waals surface area contributed by atoms with Gasteiger partial charge in [0.2, 0.25) is 0 Å². The Morgan fingerprint density at radius 3 is 2.81 bits per heavy atom. The van der Waals surface area contributed by atoms with E-state index in [1.165, 1.54) is 0 Å². The van der Waals surface area contributed by atoms with Gasteiger partial charge in [-0.3, -0.25) is 9.59 Å². The molecule has 0 aromatic carbocycles. The zero-order valence-corrected chi connectivity index (χ0v) is 9.16. The summed E-state index contributed by atoms with van der Waals surface area (Å²) in [4.78, 5) is 23.6. The van der Waals surface area contributed by atoms with Crippen molar-refractivity contribution < 1.29 is 9.59 Å². The van der Waals surface area contributed by atoms with Crippen LogP contribution in [0.1, 0.15) is 19.3 Å². The van der Waals surface area contributed by atoms with Crippen molar-refractivity contribution in [1.29, 1.82) is 0 Å². The normalized spacial score (nSPS) is 38.2. The largest absolute Gasteiger partial charge is 0.388 e. The Labute approximate surface area is 94.5 Å². The van der Waals surface area contributed by atoms with Crippen molar-refractivity contribution in [2.24, 2.45) is 11.8 Å². The van der Waals surface area contributed by atoms with E-state index in [2.05, 4.69) is 10.6 Å². The molecular formula is C12H16N2O2. The molecular weight excluding hydrogens is 204 g/mol. The maximum absolute atomic E-state index is 11.8. The third-order valence-corrected chi connectivity index (χ3v) is 3.90. The molecule has 3 atom stereocenters. The minimum Gasteiger partial charge on any atom is -0.388 e. The van der Waals surface area contributed by atoms with Crippen LogP contribution in [0.5, 0.6) is 0 Å². The van der Waals surface area contributed by atoms with Crippen molar-refractivity contribution in [2.75, 3.05) is 13.1 Å². The molecule has 1 aliphatic carbocycles. The van der Waals surface area contributed by atoms with Gasteiger partial charge in [0, 0.05) is 37.7 Å². The highest BCUT2D eigenvalue weighted by Crippen LogP contribution is 2.33. The zero-order chi connectivity index (χ0) is 11.1. The molecule has 4 heteroatoms. The number of hydrogen-bond donors (Lipinski definition) is 2. The van der Waals surface area contributed by atoms with Gasteiger partial charge in [-0.15, -0.1) is 0 Å². The standard InChI is InChI=1S/C12H16N2O2/c15-11-1-3-13-9-6-8-10(5-7(9)11)14-4-2-12(8)16/h5,7-9,13-14H,1-4,6H2. The summed E-state index contributed by atoms with van der Waals surface area (Å²) in [6.45, 7) is 1.48. The monoisotopic (exact) mass is 220 g/mol. The van der Waals surface area contributed by atoms with Crippen LogP contribution in [0.3, 0.4) is 0 Å². The van der Waals surface area contributed by atoms with Crippen molar-refractivity contribution in [1.82, 2.24) is 10.6 Å². The molecule has 2 aliphatic heterocycles. The SMILES string of the molecule is O=C1CCNC2=CC3C(=O)CCNC3CC12. The van der Waals surface area contributed by atoms with Crippen LogP contribution < -0.4 is 10.6 Å². The van der Waals surface area contributed by atoms with Crippen molar-refractivity contribution in [3.8, 4) is 0 Å². The maximum Gasteiger partial charge on any atom is 0.143 e. The summed E-state index contributed by atoms with van der Waals surface area (Å²) in [5, 5.41) is 6.62. The highest BCUT2D eigenvalue weighted by Gasteiger charge is 2.40. The molecule has 0 aromatic rings. The van der Waals surface area contributed by atoms with Crippen LogP contribution in [0, 0.1) is 11.8 Å². The van der Waals surface area contributed by atoms with Crippen molar-refractivity contribution in [2.45, 2.75) is 25.3 Å². The lowest BCUT2D eigenvalue weighted by Crippen LogP contribution is -2.52. The lowest BCUT2D eigenvalue weighted by atomic mass is 9.74. The number of nitrogens with one attached hydrogen (secondary N) is 2. The minimum absolute atomic E-state index is 0.00778. The van der Waals surface area contributed by atoms with E-state index < -0.39 is 0 Å². The van der Waals surface area contributed by atoms with Gasteiger partial charge < -0.3 is 10.6 Å². The summed E-state index contributed by atoms with van der Waals surface area (Å²) >= 11 is 0. The summed E-state index contributed by atoms with van der Waals surface area (Å²) < 4.78 is 0. The number of ketones is 2. The number of hydrogen-bond acceptors (Lipinski definition) is 4. The molecule has 86 valence electrons. The van der Waals surface area contributed by atoms with Crippen molar-refractivity contribution in [3.05, 3.63) is 11.8 Å². The van der Waals surface area contributed by atoms with Crippen LogP contribution in [0.4, 0.5) is 0 Å². The number of rotatable bonds is 0. The molecule has 0 bridgehead atoms. The van der Waals surface area contributed by atoms with Gasteiger partial charge in [0.25, 0.3) is 0 Å². The van der Waals surface area contributed by atoms with E-state index in [0.29, 0.717) is 24.4 Å². The molecule has 16 heavy (non-hydrogen) atoms. The quantitative estimate of drug-likeness (QED) is 0.603. The number of carbonyl (C=O) groups is 2. The average molecular weight is 220 g/mol. The smallest absolute Gasteiger partial charge is 0.143 e. The average Bonchev–Trinajstić information content (AvgIpc) is 2.29. The molecule has 3 unspecified atom stereocenters. The van der Waals surface area contributed by atoms with E-state index >= 15 is 0 Å². The molecule has 0 aromatic heterocycles. The Hall–Kier alpha value is -1.16. The van der Waals surface area contributed by atoms with E-state index in [1.807, 2.05) is 6.08 Å². The molecule has 0 amide bonds. The van der Waals surface area contributed by atoms with Gasteiger partial charge in [0.05, 0.1) is 11.8 Å². The Bertz CT molecular complexity index is 375. The highest BCUT2D eigenvalue weighted by atomic mass is 16.1. The first kappa shape index (κ1) is 10.0. The zero-order valence-electron chi connectivity index (χ0n) is 9.16. The Kier molecular flexibility index (Phi) is 2.32. The predicted octanol–water partition coefficient (Wildman–Crippen LogP) is -0.000200. The van der Waals surface area contributed by atoms with Crippen LogP contribution in [0.2, 0.25) is 0 Å². The number of carbonyl (C=O) groups excluding carboxylic acids is 2. The third-order valence-electron chi connectivity index (χ3n) is 3.90. The molecule has 2 N–H and O–H groups in total. The molecule has 2 saturated heterocycles. The van der Waals surface area contributed by atoms with Gasteiger partial charge in [-0.2, -0.15) is 0 Å². The first-order valence-corrected chi connectivity index (χ1v) is 6.00. The number of allylic oxidation sites excluding steroid dienone is 1. The van der Waals surface area contributed by atoms with E-state index in [9.17, 15) is 9.59 Å². The van der Waals surface area contributed by atoms with E-state index in [1.54, 1.807) is 0 Å². The summed E-state index contributed by atoms with van der Waals surface area (Å²) in [5.41, 5.74) is 0.995. The van der Waals surface area contributed by atoms with Crippen LogP contribution in [0.25, 0.3) is 0 Å². The molecule has 3 aliphatic rings. The lowest BCUT2D eigenvalue weighted by molar-refractivity contribution is -0.127. The first-order chi connectivity index (χ1) is 7.75. The highest BCUT2D eigenvalue weighted by molar-refractivity contribution is 5.88. The molecule has 4 nitrogen and oxygen atoms in total. The van der Waals surface area contributed by atoms with Crippen molar-refractivity contribution >= 4 is 11.6 Å². The van der Waals surface area contributed by atoms with Gasteiger partial charge in [-0.25, -0.2) is 0 Å². The van der Waals surface area contributed by atoms with Crippen LogP contribution in [0.15, 0.2) is 11.8 Å². The number of fused-ring (bicyclic) bond motifs is 2. The molecule has 0 radical (unpaired) electrons. The Balaban J connectivity index is 1.91. The molecule has 2 heterocycles. The summed E-state index contributed by atoms with van der Waals surface area (Å²) in [6.07, 6.45) is 4.01. The topological polar surface area (TPSA) is 58.2 Å². The first-order valence-electron chi connectivity index (χ1n) is 6.00. The van der Waals surface area contributed by atoms with E-state index in [4.69, 9.17) is 0 Å². The van der Waals surface area contributed by atoms with Gasteiger partial charge >= 0.3 is 0 Å². The summed E-state index contributed by atoms with van der Waals surface area (Å²) in [6, 6.07) is 0.179. The maximum atomic E-state index is 11.8. The lowest BCUT2D eigenvalue weighted by Gasteiger charge is -2.39.